The van der Waals surface area contributed by atoms with Gasteiger partial charge in [0.15, 0.2) is 11.7 Å². The summed E-state index contributed by atoms with van der Waals surface area (Å²) in [7, 11) is 1.95. The summed E-state index contributed by atoms with van der Waals surface area (Å²) >= 11 is 0. The third-order valence-corrected chi connectivity index (χ3v) is 2.67. The van der Waals surface area contributed by atoms with Crippen molar-refractivity contribution in [3.63, 3.8) is 0 Å². The second kappa shape index (κ2) is 5.64. The van der Waals surface area contributed by atoms with Crippen LogP contribution in [0.3, 0.4) is 0 Å². The molecule has 2 aromatic rings. The molecular weight excluding hydrogens is 212 g/mol. The zero-order chi connectivity index (χ0) is 12.1. The summed E-state index contributed by atoms with van der Waals surface area (Å²) in [5.74, 6) is 1.67. The predicted octanol–water partition coefficient (Wildman–Crippen LogP) is 2.80. The van der Waals surface area contributed by atoms with E-state index in [4.69, 9.17) is 4.42 Å². The molecule has 0 fully saturated rings. The monoisotopic (exact) mass is 230 g/mol. The molecule has 0 saturated heterocycles. The molecule has 0 atom stereocenters. The van der Waals surface area contributed by atoms with E-state index in [-0.39, 0.29) is 0 Å². The maximum absolute atomic E-state index is 5.73. The second-order valence-corrected chi connectivity index (χ2v) is 4.19. The Kier molecular flexibility index (Phi) is 3.94. The van der Waals surface area contributed by atoms with Crippen molar-refractivity contribution in [2.75, 3.05) is 13.6 Å². The normalized spacial score (nSPS) is 10.7. The molecule has 0 aliphatic rings. The molecule has 1 aromatic carbocycles. The third kappa shape index (κ3) is 3.17. The quantitative estimate of drug-likeness (QED) is 0.803. The molecule has 3 heteroatoms. The minimum absolute atomic E-state index is 0.816. The zero-order valence-electron chi connectivity index (χ0n) is 10.4. The predicted molar refractivity (Wildman–Crippen MR) is 68.9 cm³/mol. The number of rotatable bonds is 5. The fourth-order valence-corrected chi connectivity index (χ4v) is 1.77. The van der Waals surface area contributed by atoms with Gasteiger partial charge in [0.2, 0.25) is 0 Å². The summed E-state index contributed by atoms with van der Waals surface area (Å²) in [5.41, 5.74) is 2.33. The van der Waals surface area contributed by atoms with Crippen LogP contribution in [0.5, 0.6) is 0 Å². The first-order valence-electron chi connectivity index (χ1n) is 5.96. The fourth-order valence-electron chi connectivity index (χ4n) is 1.77. The van der Waals surface area contributed by atoms with Gasteiger partial charge in [0, 0.05) is 12.0 Å². The van der Waals surface area contributed by atoms with Crippen LogP contribution in [0.1, 0.15) is 17.9 Å². The summed E-state index contributed by atoms with van der Waals surface area (Å²) in [6.07, 6.45) is 3.74. The van der Waals surface area contributed by atoms with E-state index >= 15 is 0 Å². The molecule has 0 radical (unpaired) electrons. The number of nitrogens with zero attached hydrogens (tertiary/aromatic N) is 1. The highest BCUT2D eigenvalue weighted by Gasteiger charge is 2.05. The summed E-state index contributed by atoms with van der Waals surface area (Å²) in [6, 6.07) is 8.27. The Morgan fingerprint density at radius 2 is 2.24 bits per heavy atom. The average molecular weight is 230 g/mol. The van der Waals surface area contributed by atoms with Crippen molar-refractivity contribution < 1.29 is 4.42 Å². The lowest BCUT2D eigenvalue weighted by molar-refractivity contribution is 0.495. The van der Waals surface area contributed by atoms with E-state index in [1.807, 2.05) is 25.4 Å². The van der Waals surface area contributed by atoms with E-state index in [0.29, 0.717) is 0 Å². The Morgan fingerprint density at radius 1 is 1.35 bits per heavy atom. The molecule has 0 aliphatic carbocycles. The first-order valence-corrected chi connectivity index (χ1v) is 5.96. The van der Waals surface area contributed by atoms with Crippen LogP contribution in [0.25, 0.3) is 11.3 Å². The number of nitrogens with one attached hydrogen (secondary N) is 1. The maximum Gasteiger partial charge on any atom is 0.194 e. The number of aryl methyl sites for hydroxylation is 2. The Labute approximate surface area is 102 Å². The van der Waals surface area contributed by atoms with Gasteiger partial charge < -0.3 is 9.73 Å². The van der Waals surface area contributed by atoms with Gasteiger partial charge in [-0.2, -0.15) is 0 Å². The second-order valence-electron chi connectivity index (χ2n) is 4.19. The van der Waals surface area contributed by atoms with E-state index in [1.165, 1.54) is 5.56 Å². The third-order valence-electron chi connectivity index (χ3n) is 2.67. The molecule has 0 saturated carbocycles. The highest BCUT2D eigenvalue weighted by molar-refractivity contribution is 5.57. The van der Waals surface area contributed by atoms with Crippen molar-refractivity contribution in [2.24, 2.45) is 0 Å². The van der Waals surface area contributed by atoms with Crippen LogP contribution >= 0.6 is 0 Å². The smallest absolute Gasteiger partial charge is 0.194 e. The molecule has 17 heavy (non-hydrogen) atoms. The van der Waals surface area contributed by atoms with Gasteiger partial charge in [-0.1, -0.05) is 23.8 Å². The van der Waals surface area contributed by atoms with Crippen LogP contribution in [0.4, 0.5) is 0 Å². The molecule has 1 aromatic heterocycles. The van der Waals surface area contributed by atoms with Crippen LogP contribution in [-0.2, 0) is 6.42 Å². The summed E-state index contributed by atoms with van der Waals surface area (Å²) in [4.78, 5) is 4.30. The molecule has 90 valence electrons. The molecule has 1 heterocycles. The molecule has 0 unspecified atom stereocenters. The van der Waals surface area contributed by atoms with Crippen molar-refractivity contribution in [2.45, 2.75) is 19.8 Å². The average Bonchev–Trinajstić information content (AvgIpc) is 2.78. The number of aromatic nitrogens is 1. The lowest BCUT2D eigenvalue weighted by Gasteiger charge is -1.98. The van der Waals surface area contributed by atoms with Gasteiger partial charge in [-0.25, -0.2) is 4.98 Å². The molecule has 0 amide bonds. The van der Waals surface area contributed by atoms with Gasteiger partial charge in [0.05, 0.1) is 6.20 Å². The standard InChI is InChI=1S/C14H18N2O/c1-11-5-3-6-12(9-11)13-10-16-14(17-13)7-4-8-15-2/h3,5-6,9-10,15H,4,7-8H2,1-2H3. The van der Waals surface area contributed by atoms with Gasteiger partial charge in [-0.15, -0.1) is 0 Å². The number of hydrogen-bond acceptors (Lipinski definition) is 3. The minimum Gasteiger partial charge on any atom is -0.441 e. The molecule has 1 N–H and O–H groups in total. The van der Waals surface area contributed by atoms with Gasteiger partial charge in [-0.3, -0.25) is 0 Å². The molecular formula is C14H18N2O. The molecule has 3 nitrogen and oxygen atoms in total. The number of oxazole rings is 1. The Balaban J connectivity index is 2.07. The molecule has 0 bridgehead atoms. The first kappa shape index (κ1) is 11.9. The SMILES string of the molecule is CNCCCc1ncc(-c2cccc(C)c2)o1. The van der Waals surface area contributed by atoms with E-state index in [9.17, 15) is 0 Å². The minimum atomic E-state index is 0.816. The molecule has 0 aliphatic heterocycles. The Bertz CT molecular complexity index is 477. The van der Waals surface area contributed by atoms with Crippen molar-refractivity contribution in [3.8, 4) is 11.3 Å². The fraction of sp³-hybridized carbons (Fsp3) is 0.357. The van der Waals surface area contributed by atoms with E-state index in [0.717, 1.165) is 36.6 Å². The van der Waals surface area contributed by atoms with Crippen molar-refractivity contribution in [1.29, 1.82) is 0 Å². The largest absolute Gasteiger partial charge is 0.441 e. The summed E-state index contributed by atoms with van der Waals surface area (Å²) < 4.78 is 5.73. The van der Waals surface area contributed by atoms with E-state index < -0.39 is 0 Å². The van der Waals surface area contributed by atoms with E-state index in [2.05, 4.69) is 29.4 Å². The van der Waals surface area contributed by atoms with Gasteiger partial charge in [-0.05, 0) is 33.0 Å². The highest BCUT2D eigenvalue weighted by Crippen LogP contribution is 2.21. The molecule has 2 rings (SSSR count). The topological polar surface area (TPSA) is 38.1 Å². The van der Waals surface area contributed by atoms with Crippen molar-refractivity contribution >= 4 is 0 Å². The van der Waals surface area contributed by atoms with Crippen molar-refractivity contribution in [1.82, 2.24) is 10.3 Å². The maximum atomic E-state index is 5.73. The van der Waals surface area contributed by atoms with Crippen LogP contribution in [0.15, 0.2) is 34.9 Å². The lowest BCUT2D eigenvalue weighted by Crippen LogP contribution is -2.08. The number of hydrogen-bond donors (Lipinski definition) is 1. The number of benzene rings is 1. The lowest BCUT2D eigenvalue weighted by atomic mass is 10.1. The summed E-state index contributed by atoms with van der Waals surface area (Å²) in [6.45, 7) is 3.07. The van der Waals surface area contributed by atoms with E-state index in [1.54, 1.807) is 0 Å². The first-order chi connectivity index (χ1) is 8.29. The van der Waals surface area contributed by atoms with Gasteiger partial charge in [0.1, 0.15) is 0 Å². The van der Waals surface area contributed by atoms with Gasteiger partial charge >= 0.3 is 0 Å². The van der Waals surface area contributed by atoms with Gasteiger partial charge in [0.25, 0.3) is 0 Å². The Hall–Kier alpha value is -1.61. The van der Waals surface area contributed by atoms with Crippen molar-refractivity contribution in [3.05, 3.63) is 41.9 Å². The van der Waals surface area contributed by atoms with Crippen LogP contribution in [0, 0.1) is 6.92 Å². The van der Waals surface area contributed by atoms with Crippen LogP contribution < -0.4 is 5.32 Å². The van der Waals surface area contributed by atoms with Crippen LogP contribution in [0.2, 0.25) is 0 Å². The molecule has 0 spiro atoms. The zero-order valence-corrected chi connectivity index (χ0v) is 10.4. The highest BCUT2D eigenvalue weighted by atomic mass is 16.4. The van der Waals surface area contributed by atoms with Crippen LogP contribution in [-0.4, -0.2) is 18.6 Å². The summed E-state index contributed by atoms with van der Waals surface area (Å²) in [5, 5.41) is 3.11. The Morgan fingerprint density at radius 3 is 3.00 bits per heavy atom.